The number of benzene rings is 1. The summed E-state index contributed by atoms with van der Waals surface area (Å²) in [4.78, 5) is 14.4. The van der Waals surface area contributed by atoms with Gasteiger partial charge in [-0.1, -0.05) is 25.1 Å². The lowest BCUT2D eigenvalue weighted by molar-refractivity contribution is -0.131. The highest BCUT2D eigenvalue weighted by molar-refractivity contribution is 7.89. The molecule has 1 aromatic rings. The molecule has 0 aliphatic carbocycles. The van der Waals surface area contributed by atoms with Gasteiger partial charge in [0.1, 0.15) is 0 Å². The van der Waals surface area contributed by atoms with E-state index in [9.17, 15) is 13.2 Å². The molecule has 1 aliphatic rings. The third-order valence-electron chi connectivity index (χ3n) is 4.23. The molecular formula is C17H27N3O3S. The number of sulfonamides is 1. The molecule has 0 atom stereocenters. The zero-order chi connectivity index (χ0) is 17.6. The van der Waals surface area contributed by atoms with Crippen LogP contribution in [0, 0.1) is 6.92 Å². The van der Waals surface area contributed by atoms with E-state index in [1.165, 1.54) is 4.31 Å². The zero-order valence-electron chi connectivity index (χ0n) is 14.5. The van der Waals surface area contributed by atoms with Gasteiger partial charge in [-0.25, -0.2) is 8.42 Å². The van der Waals surface area contributed by atoms with Crippen molar-refractivity contribution >= 4 is 15.9 Å². The van der Waals surface area contributed by atoms with Crippen LogP contribution in [0.4, 0.5) is 0 Å². The van der Waals surface area contributed by atoms with Gasteiger partial charge in [0.2, 0.25) is 15.9 Å². The first-order valence-corrected chi connectivity index (χ1v) is 9.95. The smallest absolute Gasteiger partial charge is 0.243 e. The van der Waals surface area contributed by atoms with Crippen molar-refractivity contribution in [2.24, 2.45) is 0 Å². The first-order valence-electron chi connectivity index (χ1n) is 8.51. The van der Waals surface area contributed by atoms with Gasteiger partial charge in [0, 0.05) is 45.7 Å². The third-order valence-corrected chi connectivity index (χ3v) is 6.29. The van der Waals surface area contributed by atoms with Crippen molar-refractivity contribution < 1.29 is 13.2 Å². The van der Waals surface area contributed by atoms with Crippen LogP contribution in [0.15, 0.2) is 29.2 Å². The minimum Gasteiger partial charge on any atom is -0.340 e. The van der Waals surface area contributed by atoms with Crippen LogP contribution in [0.5, 0.6) is 0 Å². The van der Waals surface area contributed by atoms with E-state index in [2.05, 4.69) is 5.32 Å². The summed E-state index contributed by atoms with van der Waals surface area (Å²) in [5, 5.41) is 3.21. The van der Waals surface area contributed by atoms with Gasteiger partial charge < -0.3 is 10.2 Å². The van der Waals surface area contributed by atoms with Gasteiger partial charge in [-0.3, -0.25) is 4.79 Å². The van der Waals surface area contributed by atoms with E-state index in [0.29, 0.717) is 31.0 Å². The largest absolute Gasteiger partial charge is 0.340 e. The molecule has 0 radical (unpaired) electrons. The van der Waals surface area contributed by atoms with Crippen molar-refractivity contribution in [3.05, 3.63) is 29.8 Å². The Bertz CT molecular complexity index is 655. The van der Waals surface area contributed by atoms with E-state index >= 15 is 0 Å². The Labute approximate surface area is 144 Å². The number of amides is 1. The lowest BCUT2D eigenvalue weighted by atomic mass is 10.2. The van der Waals surface area contributed by atoms with Gasteiger partial charge in [-0.2, -0.15) is 4.31 Å². The maximum absolute atomic E-state index is 12.9. The van der Waals surface area contributed by atoms with Crippen LogP contribution < -0.4 is 5.32 Å². The molecule has 1 heterocycles. The minimum atomic E-state index is -3.57. The molecule has 1 N–H and O–H groups in total. The Kier molecular flexibility index (Phi) is 6.77. The standard InChI is InChI=1S/C17H27N3O3S/c1-3-11-20(12-8-17(21)19-13-9-18-10-14-19)24(22,23)16-7-5-4-6-15(16)2/h4-7,18H,3,8-14H2,1-2H3. The molecule has 0 saturated carbocycles. The summed E-state index contributed by atoms with van der Waals surface area (Å²) < 4.78 is 27.3. The SMILES string of the molecule is CCCN(CCC(=O)N1CCNCC1)S(=O)(=O)c1ccccc1C. The van der Waals surface area contributed by atoms with Crippen molar-refractivity contribution in [2.75, 3.05) is 39.3 Å². The molecule has 1 aliphatic heterocycles. The molecule has 0 unspecified atom stereocenters. The second-order valence-electron chi connectivity index (χ2n) is 6.05. The molecule has 1 saturated heterocycles. The summed E-state index contributed by atoms with van der Waals surface area (Å²) in [6.45, 7) is 7.37. The molecule has 0 spiro atoms. The summed E-state index contributed by atoms with van der Waals surface area (Å²) in [5.41, 5.74) is 0.729. The van der Waals surface area contributed by atoms with E-state index in [1.807, 2.05) is 13.0 Å². The highest BCUT2D eigenvalue weighted by atomic mass is 32.2. The van der Waals surface area contributed by atoms with Gasteiger partial charge in [-0.15, -0.1) is 0 Å². The molecule has 1 amide bonds. The van der Waals surface area contributed by atoms with E-state index < -0.39 is 10.0 Å². The fraction of sp³-hybridized carbons (Fsp3) is 0.588. The molecule has 1 aromatic carbocycles. The number of aryl methyl sites for hydroxylation is 1. The number of hydrogen-bond acceptors (Lipinski definition) is 4. The van der Waals surface area contributed by atoms with Gasteiger partial charge in [-0.05, 0) is 25.0 Å². The van der Waals surface area contributed by atoms with Crippen LogP contribution >= 0.6 is 0 Å². The summed E-state index contributed by atoms with van der Waals surface area (Å²) in [6.07, 6.45) is 0.943. The van der Waals surface area contributed by atoms with Crippen LogP contribution in [0.1, 0.15) is 25.3 Å². The van der Waals surface area contributed by atoms with Gasteiger partial charge in [0.15, 0.2) is 0 Å². The molecular weight excluding hydrogens is 326 g/mol. The molecule has 134 valence electrons. The van der Waals surface area contributed by atoms with Crippen LogP contribution in [-0.2, 0) is 14.8 Å². The second-order valence-corrected chi connectivity index (χ2v) is 7.96. The Balaban J connectivity index is 2.08. The molecule has 6 nitrogen and oxygen atoms in total. The molecule has 24 heavy (non-hydrogen) atoms. The first-order chi connectivity index (χ1) is 11.5. The molecule has 2 rings (SSSR count). The quantitative estimate of drug-likeness (QED) is 0.800. The molecule has 0 aromatic heterocycles. The number of carbonyl (C=O) groups is 1. The average molecular weight is 353 g/mol. The maximum atomic E-state index is 12.9. The first kappa shape index (κ1) is 18.9. The fourth-order valence-electron chi connectivity index (χ4n) is 2.88. The number of piperazine rings is 1. The van der Waals surface area contributed by atoms with Gasteiger partial charge in [0.25, 0.3) is 0 Å². The van der Waals surface area contributed by atoms with Crippen LogP contribution in [0.2, 0.25) is 0 Å². The Morgan fingerprint density at radius 2 is 1.88 bits per heavy atom. The number of rotatable bonds is 7. The number of nitrogens with zero attached hydrogens (tertiary/aromatic N) is 2. The predicted octanol–water partition coefficient (Wildman–Crippen LogP) is 1.22. The maximum Gasteiger partial charge on any atom is 0.243 e. The highest BCUT2D eigenvalue weighted by Gasteiger charge is 2.26. The third kappa shape index (κ3) is 4.55. The number of carbonyl (C=O) groups excluding carboxylic acids is 1. The van der Waals surface area contributed by atoms with Crippen LogP contribution in [-0.4, -0.2) is 62.8 Å². The van der Waals surface area contributed by atoms with Crippen LogP contribution in [0.3, 0.4) is 0 Å². The van der Waals surface area contributed by atoms with Crippen LogP contribution in [0.25, 0.3) is 0 Å². The minimum absolute atomic E-state index is 0.0255. The fourth-order valence-corrected chi connectivity index (χ4v) is 4.64. The lowest BCUT2D eigenvalue weighted by Crippen LogP contribution is -2.47. The van der Waals surface area contributed by atoms with E-state index in [0.717, 1.165) is 18.7 Å². The summed E-state index contributed by atoms with van der Waals surface area (Å²) >= 11 is 0. The molecule has 0 bridgehead atoms. The number of hydrogen-bond donors (Lipinski definition) is 1. The lowest BCUT2D eigenvalue weighted by Gasteiger charge is -2.29. The van der Waals surface area contributed by atoms with Gasteiger partial charge >= 0.3 is 0 Å². The van der Waals surface area contributed by atoms with Crippen molar-refractivity contribution in [3.63, 3.8) is 0 Å². The van der Waals surface area contributed by atoms with Crippen molar-refractivity contribution in [3.8, 4) is 0 Å². The zero-order valence-corrected chi connectivity index (χ0v) is 15.3. The van der Waals surface area contributed by atoms with Gasteiger partial charge in [0.05, 0.1) is 4.90 Å². The monoisotopic (exact) mass is 353 g/mol. The summed E-state index contributed by atoms with van der Waals surface area (Å²) in [5.74, 6) is 0.0255. The summed E-state index contributed by atoms with van der Waals surface area (Å²) in [7, 11) is -3.57. The van der Waals surface area contributed by atoms with Crippen molar-refractivity contribution in [1.29, 1.82) is 0 Å². The average Bonchev–Trinajstić information content (AvgIpc) is 2.59. The Morgan fingerprint density at radius 3 is 2.50 bits per heavy atom. The second kappa shape index (κ2) is 8.60. The normalized spacial score (nSPS) is 15.7. The van der Waals surface area contributed by atoms with E-state index in [-0.39, 0.29) is 18.9 Å². The summed E-state index contributed by atoms with van der Waals surface area (Å²) in [6, 6.07) is 6.98. The molecule has 7 heteroatoms. The highest BCUT2D eigenvalue weighted by Crippen LogP contribution is 2.20. The Hall–Kier alpha value is -1.44. The van der Waals surface area contributed by atoms with E-state index in [4.69, 9.17) is 0 Å². The molecule has 1 fully saturated rings. The topological polar surface area (TPSA) is 69.7 Å². The van der Waals surface area contributed by atoms with Crippen molar-refractivity contribution in [2.45, 2.75) is 31.6 Å². The van der Waals surface area contributed by atoms with Crippen molar-refractivity contribution in [1.82, 2.24) is 14.5 Å². The van der Waals surface area contributed by atoms with E-state index in [1.54, 1.807) is 30.0 Å². The number of nitrogens with one attached hydrogen (secondary N) is 1. The predicted molar refractivity (Wildman–Crippen MR) is 94.3 cm³/mol. The Morgan fingerprint density at radius 1 is 1.21 bits per heavy atom.